The maximum Gasteiger partial charge on any atom is 0.407 e. The van der Waals surface area contributed by atoms with Gasteiger partial charge in [0, 0.05) is 5.92 Å². The highest BCUT2D eigenvalue weighted by molar-refractivity contribution is 7.89. The molecule has 0 spiro atoms. The van der Waals surface area contributed by atoms with E-state index < -0.39 is 46.8 Å². The summed E-state index contributed by atoms with van der Waals surface area (Å²) in [4.78, 5) is 14.1. The van der Waals surface area contributed by atoms with Crippen LogP contribution < -0.4 is 9.46 Å². The summed E-state index contributed by atoms with van der Waals surface area (Å²) in [6, 6.07) is 13.5. The number of amides is 1. The number of methoxy groups -OCH3 is 1. The fourth-order valence-corrected chi connectivity index (χ4v) is 7.22. The van der Waals surface area contributed by atoms with Crippen molar-refractivity contribution in [3.8, 4) is 5.75 Å². The molecule has 12 heteroatoms. The lowest BCUT2D eigenvalue weighted by molar-refractivity contribution is -0.108. The van der Waals surface area contributed by atoms with Gasteiger partial charge in [-0.05, 0) is 55.5 Å². The second kappa shape index (κ2) is 13.1. The Labute approximate surface area is 240 Å². The van der Waals surface area contributed by atoms with Crippen molar-refractivity contribution in [1.82, 2.24) is 9.62 Å². The number of hydrogen-bond donors (Lipinski definition) is 3. The van der Waals surface area contributed by atoms with Crippen LogP contribution in [0.25, 0.3) is 0 Å². The van der Waals surface area contributed by atoms with Crippen molar-refractivity contribution in [2.24, 2.45) is 5.92 Å². The highest BCUT2D eigenvalue weighted by atomic mass is 32.2. The molecule has 2 heterocycles. The highest BCUT2D eigenvalue weighted by Gasteiger charge is 2.50. The van der Waals surface area contributed by atoms with Crippen LogP contribution in [0.5, 0.6) is 5.75 Å². The van der Waals surface area contributed by atoms with Crippen LogP contribution in [0.1, 0.15) is 37.7 Å². The fourth-order valence-electron chi connectivity index (χ4n) is 6.09. The minimum absolute atomic E-state index is 0.0321. The Bertz CT molecular complexity index is 1250. The van der Waals surface area contributed by atoms with E-state index in [0.717, 1.165) is 31.2 Å². The SMILES string of the molecule is COc1ccc(S(=O)(=O)N[C@H](OC2CCCC2)[C@H](O)[C@H](Cc2ccccc2)N(C(=O)O)C2CO[C@H]3OCC[C@@H]23)cc1. The van der Waals surface area contributed by atoms with Gasteiger partial charge >= 0.3 is 6.09 Å². The standard InChI is InChI=1S/C29H38N2O9S/c1-37-20-11-13-22(14-12-20)41(35,36)30-27(40-21-9-5-6-10-21)26(32)24(17-19-7-3-2-4-8-19)31(29(33)34)25-18-39-28-23(25)15-16-38-28/h2-4,7-8,11-14,21,23-28,30,32H,5-6,9-10,15-18H2,1H3,(H,33,34)/t23-,24-,25?,26+,27+,28+/m0/s1. The van der Waals surface area contributed by atoms with Crippen molar-refractivity contribution in [1.29, 1.82) is 0 Å². The number of aliphatic hydroxyl groups excluding tert-OH is 1. The fraction of sp³-hybridized carbons (Fsp3) is 0.552. The number of benzene rings is 2. The van der Waals surface area contributed by atoms with Crippen molar-refractivity contribution in [2.45, 2.75) is 80.2 Å². The first kappa shape index (κ1) is 29.7. The molecule has 11 nitrogen and oxygen atoms in total. The molecular formula is C29H38N2O9S. The number of carbonyl (C=O) groups is 1. The van der Waals surface area contributed by atoms with Gasteiger partial charge in [-0.25, -0.2) is 13.2 Å². The van der Waals surface area contributed by atoms with Gasteiger partial charge in [-0.2, -0.15) is 4.72 Å². The van der Waals surface area contributed by atoms with E-state index in [4.69, 9.17) is 18.9 Å². The summed E-state index contributed by atoms with van der Waals surface area (Å²) in [7, 11) is -2.67. The normalized spacial score (nSPS) is 25.0. The smallest absolute Gasteiger partial charge is 0.407 e. The molecule has 6 atom stereocenters. The third kappa shape index (κ3) is 6.85. The van der Waals surface area contributed by atoms with Crippen molar-refractivity contribution < 1.29 is 42.4 Å². The van der Waals surface area contributed by atoms with Crippen LogP contribution in [0.3, 0.4) is 0 Å². The summed E-state index contributed by atoms with van der Waals surface area (Å²) in [5.41, 5.74) is 0.790. The molecule has 224 valence electrons. The van der Waals surface area contributed by atoms with Gasteiger partial charge in [0.25, 0.3) is 0 Å². The number of ether oxygens (including phenoxy) is 4. The monoisotopic (exact) mass is 590 g/mol. The molecule has 2 aliphatic heterocycles. The van der Waals surface area contributed by atoms with Gasteiger partial charge in [0.15, 0.2) is 6.29 Å². The largest absolute Gasteiger partial charge is 0.497 e. The van der Waals surface area contributed by atoms with Crippen molar-refractivity contribution in [3.05, 3.63) is 60.2 Å². The van der Waals surface area contributed by atoms with Gasteiger partial charge < -0.3 is 29.2 Å². The molecule has 2 aromatic carbocycles. The molecule has 3 N–H and O–H groups in total. The van der Waals surface area contributed by atoms with Gasteiger partial charge in [0.1, 0.15) is 18.1 Å². The van der Waals surface area contributed by atoms with E-state index in [9.17, 15) is 23.4 Å². The molecule has 1 unspecified atom stereocenters. The van der Waals surface area contributed by atoms with E-state index in [2.05, 4.69) is 4.72 Å². The lowest BCUT2D eigenvalue weighted by atomic mass is 9.93. The molecule has 2 saturated heterocycles. The van der Waals surface area contributed by atoms with Crippen LogP contribution in [0.15, 0.2) is 59.5 Å². The second-order valence-corrected chi connectivity index (χ2v) is 12.5. The number of sulfonamides is 1. The van der Waals surface area contributed by atoms with Crippen molar-refractivity contribution in [3.63, 3.8) is 0 Å². The van der Waals surface area contributed by atoms with Crippen LogP contribution in [-0.4, -0.2) is 86.8 Å². The Morgan fingerprint density at radius 3 is 2.44 bits per heavy atom. The molecule has 2 aromatic rings. The Hall–Kier alpha value is -2.74. The molecule has 0 bridgehead atoms. The first-order valence-electron chi connectivity index (χ1n) is 14.0. The summed E-state index contributed by atoms with van der Waals surface area (Å²) < 4.78 is 52.3. The molecule has 0 aromatic heterocycles. The van der Waals surface area contributed by atoms with Crippen molar-refractivity contribution >= 4 is 16.1 Å². The highest BCUT2D eigenvalue weighted by Crippen LogP contribution is 2.36. The predicted molar refractivity (Wildman–Crippen MR) is 148 cm³/mol. The van der Waals surface area contributed by atoms with E-state index >= 15 is 0 Å². The molecule has 1 saturated carbocycles. The van der Waals surface area contributed by atoms with Gasteiger partial charge in [0.2, 0.25) is 10.0 Å². The topological polar surface area (TPSA) is 144 Å². The zero-order valence-electron chi connectivity index (χ0n) is 23.0. The Morgan fingerprint density at radius 2 is 1.78 bits per heavy atom. The molecule has 5 rings (SSSR count). The first-order chi connectivity index (χ1) is 19.8. The zero-order chi connectivity index (χ0) is 29.0. The quantitative estimate of drug-likeness (QED) is 0.318. The molecule has 0 radical (unpaired) electrons. The van der Waals surface area contributed by atoms with Gasteiger partial charge in [-0.3, -0.25) is 4.90 Å². The third-order valence-electron chi connectivity index (χ3n) is 8.22. The van der Waals surface area contributed by atoms with Gasteiger partial charge in [0.05, 0.1) is 43.4 Å². The second-order valence-electron chi connectivity index (χ2n) is 10.8. The van der Waals surface area contributed by atoms with Crippen LogP contribution in [0.4, 0.5) is 4.79 Å². The average Bonchev–Trinajstić information content (AvgIpc) is 3.73. The predicted octanol–water partition coefficient (Wildman–Crippen LogP) is 2.97. The minimum atomic E-state index is -4.16. The number of aliphatic hydroxyl groups is 1. The summed E-state index contributed by atoms with van der Waals surface area (Å²) in [6.07, 6.45) is -0.901. The van der Waals surface area contributed by atoms with Gasteiger partial charge in [-0.15, -0.1) is 0 Å². The number of nitrogens with zero attached hydrogens (tertiary/aromatic N) is 1. The first-order valence-corrected chi connectivity index (χ1v) is 15.5. The molecular weight excluding hydrogens is 552 g/mol. The molecule has 41 heavy (non-hydrogen) atoms. The molecule has 3 fully saturated rings. The zero-order valence-corrected chi connectivity index (χ0v) is 23.8. The summed E-state index contributed by atoms with van der Waals surface area (Å²) in [6.45, 7) is 0.575. The maximum atomic E-state index is 13.5. The van der Waals surface area contributed by atoms with E-state index in [-0.39, 0.29) is 29.9 Å². The van der Waals surface area contributed by atoms with E-state index in [1.807, 2.05) is 30.3 Å². The van der Waals surface area contributed by atoms with Crippen LogP contribution in [0.2, 0.25) is 0 Å². The minimum Gasteiger partial charge on any atom is -0.497 e. The number of rotatable bonds is 12. The summed E-state index contributed by atoms with van der Waals surface area (Å²) in [5, 5.41) is 22.5. The van der Waals surface area contributed by atoms with E-state index in [0.29, 0.717) is 18.8 Å². The third-order valence-corrected chi connectivity index (χ3v) is 9.65. The number of hydrogen-bond acceptors (Lipinski definition) is 8. The maximum absolute atomic E-state index is 13.5. The number of nitrogens with one attached hydrogen (secondary N) is 1. The Balaban J connectivity index is 1.49. The lowest BCUT2D eigenvalue weighted by Gasteiger charge is -2.41. The lowest BCUT2D eigenvalue weighted by Crippen LogP contribution is -2.61. The van der Waals surface area contributed by atoms with Crippen molar-refractivity contribution in [2.75, 3.05) is 20.3 Å². The Kier molecular flexibility index (Phi) is 9.47. The summed E-state index contributed by atoms with van der Waals surface area (Å²) >= 11 is 0. The van der Waals surface area contributed by atoms with Gasteiger partial charge in [-0.1, -0.05) is 43.2 Å². The van der Waals surface area contributed by atoms with Crippen LogP contribution in [-0.2, 0) is 30.7 Å². The summed E-state index contributed by atoms with van der Waals surface area (Å²) in [5.74, 6) is 0.303. The van der Waals surface area contributed by atoms with E-state index in [1.165, 1.54) is 36.3 Å². The van der Waals surface area contributed by atoms with E-state index in [1.54, 1.807) is 0 Å². The van der Waals surface area contributed by atoms with Crippen LogP contribution >= 0.6 is 0 Å². The number of carboxylic acid groups (broad SMARTS) is 1. The van der Waals surface area contributed by atoms with Crippen LogP contribution in [0, 0.1) is 5.92 Å². The molecule has 1 aliphatic carbocycles. The average molecular weight is 591 g/mol. The number of fused-ring (bicyclic) bond motifs is 1. The molecule has 1 amide bonds. The molecule has 3 aliphatic rings. The Morgan fingerprint density at radius 1 is 1.07 bits per heavy atom.